The maximum atomic E-state index is 12.7. The number of para-hydroxylation sites is 1. The molecule has 0 aliphatic rings. The summed E-state index contributed by atoms with van der Waals surface area (Å²) in [4.78, 5) is 12.7. The third kappa shape index (κ3) is 5.88. The van der Waals surface area contributed by atoms with Gasteiger partial charge in [-0.25, -0.2) is 8.42 Å². The molecule has 0 aliphatic carbocycles. The first kappa shape index (κ1) is 23.8. The second-order valence-electron chi connectivity index (χ2n) is 8.73. The lowest BCUT2D eigenvalue weighted by atomic mass is 9.96. The molecule has 1 amide bonds. The van der Waals surface area contributed by atoms with Crippen LogP contribution in [0, 0.1) is 5.92 Å². The van der Waals surface area contributed by atoms with Crippen LogP contribution in [-0.4, -0.2) is 33.7 Å². The Morgan fingerprint density at radius 2 is 1.59 bits per heavy atom. The fourth-order valence-electron chi connectivity index (χ4n) is 3.98. The Hall–Kier alpha value is -2.86. The molecule has 1 atom stereocenters. The van der Waals surface area contributed by atoms with Crippen molar-refractivity contribution in [1.82, 2.24) is 5.32 Å². The molecule has 170 valence electrons. The van der Waals surface area contributed by atoms with Crippen molar-refractivity contribution in [1.29, 1.82) is 0 Å². The van der Waals surface area contributed by atoms with E-state index < -0.39 is 10.0 Å². The predicted molar refractivity (Wildman–Crippen MR) is 133 cm³/mol. The van der Waals surface area contributed by atoms with Gasteiger partial charge in [0.25, 0.3) is 0 Å². The first-order valence-electron chi connectivity index (χ1n) is 11.0. The number of fused-ring (bicyclic) bond motifs is 1. The molecule has 1 unspecified atom stereocenters. The molecule has 5 nitrogen and oxygen atoms in total. The van der Waals surface area contributed by atoms with Gasteiger partial charge < -0.3 is 5.32 Å². The third-order valence-electron chi connectivity index (χ3n) is 5.61. The van der Waals surface area contributed by atoms with Crippen LogP contribution >= 0.6 is 0 Å². The highest BCUT2D eigenvalue weighted by molar-refractivity contribution is 7.92. The number of rotatable bonds is 9. The van der Waals surface area contributed by atoms with Crippen LogP contribution in [0.4, 0.5) is 5.69 Å². The third-order valence-corrected chi connectivity index (χ3v) is 6.74. The zero-order valence-corrected chi connectivity index (χ0v) is 20.0. The maximum absolute atomic E-state index is 12.7. The molecule has 0 bridgehead atoms. The van der Waals surface area contributed by atoms with Crippen molar-refractivity contribution in [2.45, 2.75) is 33.1 Å². The summed E-state index contributed by atoms with van der Waals surface area (Å²) in [7, 11) is -3.61. The van der Waals surface area contributed by atoms with Gasteiger partial charge in [-0.3, -0.25) is 9.10 Å². The second-order valence-corrected chi connectivity index (χ2v) is 10.6. The minimum absolute atomic E-state index is 0.138. The lowest BCUT2D eigenvalue weighted by Gasteiger charge is -2.26. The number of benzene rings is 3. The molecule has 32 heavy (non-hydrogen) atoms. The van der Waals surface area contributed by atoms with Gasteiger partial charge in [0.1, 0.15) is 6.54 Å². The topological polar surface area (TPSA) is 66.5 Å². The Bertz CT molecular complexity index is 1180. The van der Waals surface area contributed by atoms with Gasteiger partial charge in [-0.2, -0.15) is 0 Å². The summed E-state index contributed by atoms with van der Waals surface area (Å²) in [6.45, 7) is 6.35. The Balaban J connectivity index is 1.67. The van der Waals surface area contributed by atoms with E-state index >= 15 is 0 Å². The highest BCUT2D eigenvalue weighted by Gasteiger charge is 2.24. The van der Waals surface area contributed by atoms with Gasteiger partial charge in [0.2, 0.25) is 15.9 Å². The van der Waals surface area contributed by atoms with Gasteiger partial charge >= 0.3 is 0 Å². The van der Waals surface area contributed by atoms with Gasteiger partial charge in [-0.15, -0.1) is 0 Å². The van der Waals surface area contributed by atoms with E-state index in [1.54, 1.807) is 12.1 Å². The van der Waals surface area contributed by atoms with Crippen LogP contribution in [0.15, 0.2) is 66.7 Å². The number of hydrogen-bond donors (Lipinski definition) is 1. The van der Waals surface area contributed by atoms with Crippen molar-refractivity contribution in [3.05, 3.63) is 77.9 Å². The van der Waals surface area contributed by atoms with Crippen molar-refractivity contribution >= 4 is 32.4 Å². The molecule has 0 heterocycles. The molecule has 0 saturated carbocycles. The summed E-state index contributed by atoms with van der Waals surface area (Å²) in [5, 5.41) is 5.35. The van der Waals surface area contributed by atoms with E-state index in [1.807, 2.05) is 38.1 Å². The molecule has 0 radical (unpaired) electrons. The average Bonchev–Trinajstić information content (AvgIpc) is 2.75. The largest absolute Gasteiger partial charge is 0.354 e. The lowest BCUT2D eigenvalue weighted by Crippen LogP contribution is -2.42. The molecule has 0 aromatic heterocycles. The number of hydrogen-bond acceptors (Lipinski definition) is 3. The zero-order chi connectivity index (χ0) is 23.3. The number of carbonyl (C=O) groups is 1. The van der Waals surface area contributed by atoms with Crippen LogP contribution in [0.2, 0.25) is 0 Å². The number of nitrogens with one attached hydrogen (secondary N) is 1. The standard InChI is InChI=1S/C26H32N2O3S/c1-19(2)23-13-7-8-15-25(23)28(32(4,30)31)18-26(29)27-17-20(3)16-22-12-9-11-21-10-5-6-14-24(21)22/h5-15,19-20H,16-18H2,1-4H3,(H,27,29). The zero-order valence-electron chi connectivity index (χ0n) is 19.2. The van der Waals surface area contributed by atoms with Crippen LogP contribution in [0.25, 0.3) is 10.8 Å². The number of anilines is 1. The van der Waals surface area contributed by atoms with Crippen LogP contribution in [0.5, 0.6) is 0 Å². The highest BCUT2D eigenvalue weighted by Crippen LogP contribution is 2.28. The lowest BCUT2D eigenvalue weighted by molar-refractivity contribution is -0.119. The molecule has 3 aromatic rings. The summed E-state index contributed by atoms with van der Waals surface area (Å²) >= 11 is 0. The number of nitrogens with zero attached hydrogens (tertiary/aromatic N) is 1. The van der Waals surface area contributed by atoms with Gasteiger partial charge in [-0.05, 0) is 46.2 Å². The number of sulfonamides is 1. The number of amides is 1. The normalized spacial score (nSPS) is 12.7. The maximum Gasteiger partial charge on any atom is 0.240 e. The minimum atomic E-state index is -3.61. The molecule has 3 rings (SSSR count). The van der Waals surface area contributed by atoms with E-state index in [2.05, 4.69) is 42.6 Å². The molecule has 0 spiro atoms. The van der Waals surface area contributed by atoms with Crippen LogP contribution in [0.3, 0.4) is 0 Å². The summed E-state index contributed by atoms with van der Waals surface area (Å²) in [6.07, 6.45) is 1.97. The van der Waals surface area contributed by atoms with Gasteiger partial charge in [0.05, 0.1) is 11.9 Å². The van der Waals surface area contributed by atoms with E-state index in [0.717, 1.165) is 18.2 Å². The fourth-order valence-corrected chi connectivity index (χ4v) is 4.85. The van der Waals surface area contributed by atoms with E-state index in [-0.39, 0.29) is 24.3 Å². The Labute approximate surface area is 191 Å². The van der Waals surface area contributed by atoms with E-state index in [4.69, 9.17) is 0 Å². The molecule has 3 aromatic carbocycles. The summed E-state index contributed by atoms with van der Waals surface area (Å²) in [6, 6.07) is 21.9. The van der Waals surface area contributed by atoms with Crippen molar-refractivity contribution in [2.24, 2.45) is 5.92 Å². The van der Waals surface area contributed by atoms with E-state index in [1.165, 1.54) is 20.6 Å². The van der Waals surface area contributed by atoms with E-state index in [0.29, 0.717) is 12.2 Å². The molecular formula is C26H32N2O3S. The van der Waals surface area contributed by atoms with Gasteiger partial charge in [-0.1, -0.05) is 81.4 Å². The molecule has 6 heteroatoms. The average molecular weight is 453 g/mol. The quantitative estimate of drug-likeness (QED) is 0.511. The van der Waals surface area contributed by atoms with Crippen LogP contribution in [0.1, 0.15) is 37.8 Å². The molecule has 0 aliphatic heterocycles. The summed E-state index contributed by atoms with van der Waals surface area (Å²) in [5.74, 6) is 0.0392. The first-order valence-corrected chi connectivity index (χ1v) is 12.8. The predicted octanol–water partition coefficient (Wildman–Crippen LogP) is 4.72. The molecule has 0 fully saturated rings. The Kier molecular flexibility index (Phi) is 7.56. The van der Waals surface area contributed by atoms with Crippen LogP contribution in [-0.2, 0) is 21.2 Å². The van der Waals surface area contributed by atoms with Crippen molar-refractivity contribution < 1.29 is 13.2 Å². The molecule has 1 N–H and O–H groups in total. The van der Waals surface area contributed by atoms with Crippen molar-refractivity contribution in [3.8, 4) is 0 Å². The Morgan fingerprint density at radius 1 is 0.938 bits per heavy atom. The van der Waals surface area contributed by atoms with Crippen LogP contribution < -0.4 is 9.62 Å². The summed E-state index contributed by atoms with van der Waals surface area (Å²) in [5.41, 5.74) is 2.70. The second kappa shape index (κ2) is 10.2. The summed E-state index contributed by atoms with van der Waals surface area (Å²) < 4.78 is 26.2. The fraction of sp³-hybridized carbons (Fsp3) is 0.346. The number of carbonyl (C=O) groups excluding carboxylic acids is 1. The van der Waals surface area contributed by atoms with Crippen molar-refractivity contribution in [2.75, 3.05) is 23.7 Å². The SMILES string of the molecule is CC(CNC(=O)CN(c1ccccc1C(C)C)S(C)(=O)=O)Cc1cccc2ccccc12. The highest BCUT2D eigenvalue weighted by atomic mass is 32.2. The smallest absolute Gasteiger partial charge is 0.240 e. The first-order chi connectivity index (χ1) is 15.2. The monoisotopic (exact) mass is 452 g/mol. The van der Waals surface area contributed by atoms with Gasteiger partial charge in [0, 0.05) is 6.54 Å². The van der Waals surface area contributed by atoms with E-state index in [9.17, 15) is 13.2 Å². The Morgan fingerprint density at radius 3 is 2.31 bits per heavy atom. The molecule has 0 saturated heterocycles. The molecular weight excluding hydrogens is 420 g/mol. The van der Waals surface area contributed by atoms with Gasteiger partial charge in [0.15, 0.2) is 0 Å². The minimum Gasteiger partial charge on any atom is -0.354 e. The van der Waals surface area contributed by atoms with Crippen molar-refractivity contribution in [3.63, 3.8) is 0 Å².